The molecule has 5 rings (SSSR count). The standard InChI is InChI=1S/C21H26N2OS2/c1-3-23(4-2)15-9-7-12(8-10-15)16-17-13-5-6-14(11-13)18(17)25-20-19(16)26-21(24)22-20/h7-10,13-14,16-18H,3-6,11H2,1-2H3,(H,22,24)/t13-,14-,16+,17+,18+/m0/s1. The molecule has 1 N–H and O–H groups in total. The summed E-state index contributed by atoms with van der Waals surface area (Å²) in [6, 6.07) is 9.21. The number of benzene rings is 1. The average molecular weight is 387 g/mol. The second-order valence-corrected chi connectivity index (χ2v) is 10.1. The zero-order valence-electron chi connectivity index (χ0n) is 15.4. The van der Waals surface area contributed by atoms with Crippen LogP contribution < -0.4 is 9.77 Å². The van der Waals surface area contributed by atoms with Crippen molar-refractivity contribution in [3.8, 4) is 0 Å². The zero-order valence-corrected chi connectivity index (χ0v) is 17.0. The predicted molar refractivity (Wildman–Crippen MR) is 111 cm³/mol. The molecule has 1 aliphatic heterocycles. The first-order valence-electron chi connectivity index (χ1n) is 9.94. The van der Waals surface area contributed by atoms with E-state index in [4.69, 9.17) is 0 Å². The van der Waals surface area contributed by atoms with E-state index in [1.165, 1.54) is 46.7 Å². The van der Waals surface area contributed by atoms with Gasteiger partial charge in [0.05, 0.1) is 5.03 Å². The molecule has 5 heteroatoms. The summed E-state index contributed by atoms with van der Waals surface area (Å²) in [7, 11) is 0. The number of aromatic nitrogens is 1. The first-order chi connectivity index (χ1) is 12.7. The fourth-order valence-electron chi connectivity index (χ4n) is 5.70. The molecule has 2 saturated carbocycles. The molecule has 2 fully saturated rings. The molecule has 0 saturated heterocycles. The molecule has 0 spiro atoms. The Hall–Kier alpha value is -1.20. The first-order valence-corrected chi connectivity index (χ1v) is 11.6. The summed E-state index contributed by atoms with van der Waals surface area (Å²) in [5.74, 6) is 2.80. The van der Waals surface area contributed by atoms with Crippen LogP contribution in [0.5, 0.6) is 0 Å². The van der Waals surface area contributed by atoms with Crippen molar-refractivity contribution in [3.05, 3.63) is 44.4 Å². The summed E-state index contributed by atoms with van der Waals surface area (Å²) in [6.07, 6.45) is 4.17. The van der Waals surface area contributed by atoms with E-state index in [1.54, 1.807) is 0 Å². The number of aromatic amines is 1. The summed E-state index contributed by atoms with van der Waals surface area (Å²) < 4.78 is 0. The number of anilines is 1. The van der Waals surface area contributed by atoms with Crippen LogP contribution in [0.4, 0.5) is 5.69 Å². The Morgan fingerprint density at radius 2 is 1.85 bits per heavy atom. The minimum absolute atomic E-state index is 0.111. The van der Waals surface area contributed by atoms with Gasteiger partial charge in [0.25, 0.3) is 0 Å². The van der Waals surface area contributed by atoms with Crippen molar-refractivity contribution < 1.29 is 0 Å². The lowest BCUT2D eigenvalue weighted by atomic mass is 9.75. The second kappa shape index (κ2) is 6.45. The number of H-pyrrole nitrogens is 1. The van der Waals surface area contributed by atoms with Crippen LogP contribution in [-0.2, 0) is 0 Å². The van der Waals surface area contributed by atoms with Crippen molar-refractivity contribution >= 4 is 28.8 Å². The van der Waals surface area contributed by atoms with Gasteiger partial charge in [0.1, 0.15) is 0 Å². The van der Waals surface area contributed by atoms with Gasteiger partial charge in [0, 0.05) is 34.8 Å². The molecule has 0 unspecified atom stereocenters. The maximum absolute atomic E-state index is 12.1. The zero-order chi connectivity index (χ0) is 17.8. The SMILES string of the molecule is CCN(CC)c1ccc([C@H]2c3sc(=O)[nH]c3S[C@@H]3[C@H]4CC[C@@H](C4)[C@H]23)cc1. The highest BCUT2D eigenvalue weighted by Gasteiger charge is 2.54. The Labute approximate surface area is 163 Å². The number of nitrogens with one attached hydrogen (secondary N) is 1. The van der Waals surface area contributed by atoms with Gasteiger partial charge in [0.15, 0.2) is 0 Å². The number of fused-ring (bicyclic) bond motifs is 6. The highest BCUT2D eigenvalue weighted by molar-refractivity contribution is 8.00. The molecule has 26 heavy (non-hydrogen) atoms. The van der Waals surface area contributed by atoms with Crippen LogP contribution in [-0.4, -0.2) is 23.3 Å². The molecule has 1 aromatic heterocycles. The summed E-state index contributed by atoms with van der Waals surface area (Å²) >= 11 is 3.42. The molecular weight excluding hydrogens is 360 g/mol. The summed E-state index contributed by atoms with van der Waals surface area (Å²) in [5, 5.41) is 1.85. The van der Waals surface area contributed by atoms with Crippen LogP contribution in [0, 0.1) is 17.8 Å². The van der Waals surface area contributed by atoms with Crippen molar-refractivity contribution in [1.82, 2.24) is 4.98 Å². The molecule has 0 amide bonds. The Bertz CT molecular complexity index is 852. The van der Waals surface area contributed by atoms with Crippen molar-refractivity contribution in [3.63, 3.8) is 0 Å². The van der Waals surface area contributed by atoms with E-state index in [1.807, 2.05) is 11.8 Å². The van der Waals surface area contributed by atoms with Crippen molar-refractivity contribution in [2.24, 2.45) is 17.8 Å². The van der Waals surface area contributed by atoms with Crippen LogP contribution in [0.3, 0.4) is 0 Å². The van der Waals surface area contributed by atoms with Crippen LogP contribution in [0.15, 0.2) is 34.1 Å². The van der Waals surface area contributed by atoms with Crippen LogP contribution >= 0.6 is 23.1 Å². The molecule has 3 nitrogen and oxygen atoms in total. The van der Waals surface area contributed by atoms with Gasteiger partial charge in [-0.15, -0.1) is 11.8 Å². The van der Waals surface area contributed by atoms with Crippen LogP contribution in [0.2, 0.25) is 0 Å². The van der Waals surface area contributed by atoms with Gasteiger partial charge < -0.3 is 9.88 Å². The van der Waals surface area contributed by atoms with Gasteiger partial charge in [0.2, 0.25) is 0 Å². The van der Waals surface area contributed by atoms with Gasteiger partial charge in [-0.1, -0.05) is 23.5 Å². The van der Waals surface area contributed by atoms with Gasteiger partial charge in [-0.2, -0.15) is 0 Å². The summed E-state index contributed by atoms with van der Waals surface area (Å²) in [4.78, 5) is 19.0. The highest BCUT2D eigenvalue weighted by atomic mass is 32.2. The van der Waals surface area contributed by atoms with E-state index in [-0.39, 0.29) is 4.87 Å². The van der Waals surface area contributed by atoms with E-state index in [9.17, 15) is 4.79 Å². The van der Waals surface area contributed by atoms with E-state index < -0.39 is 0 Å². The second-order valence-electron chi connectivity index (χ2n) is 7.94. The summed E-state index contributed by atoms with van der Waals surface area (Å²) in [5.41, 5.74) is 2.70. The Balaban J connectivity index is 1.56. The van der Waals surface area contributed by atoms with E-state index >= 15 is 0 Å². The molecule has 1 aromatic carbocycles. The number of thiazole rings is 1. The van der Waals surface area contributed by atoms with Gasteiger partial charge in [-0.05, 0) is 68.6 Å². The van der Waals surface area contributed by atoms with E-state index in [2.05, 4.69) is 48.0 Å². The number of thioether (sulfide) groups is 1. The smallest absolute Gasteiger partial charge is 0.305 e. The Morgan fingerprint density at radius 3 is 2.58 bits per heavy atom. The fourth-order valence-corrected chi connectivity index (χ4v) is 8.60. The topological polar surface area (TPSA) is 36.1 Å². The van der Waals surface area contributed by atoms with Gasteiger partial charge in [-0.3, -0.25) is 4.79 Å². The largest absolute Gasteiger partial charge is 0.372 e. The highest BCUT2D eigenvalue weighted by Crippen LogP contribution is 2.63. The summed E-state index contributed by atoms with van der Waals surface area (Å²) in [6.45, 7) is 6.49. The van der Waals surface area contributed by atoms with Gasteiger partial charge in [-0.25, -0.2) is 0 Å². The molecule has 2 bridgehead atoms. The van der Waals surface area contributed by atoms with Crippen LogP contribution in [0.1, 0.15) is 49.5 Å². The maximum atomic E-state index is 12.1. The lowest BCUT2D eigenvalue weighted by Gasteiger charge is -2.40. The molecule has 138 valence electrons. The molecular formula is C21H26N2OS2. The number of nitrogens with zero attached hydrogens (tertiary/aromatic N) is 1. The third-order valence-corrected chi connectivity index (χ3v) is 9.47. The van der Waals surface area contributed by atoms with E-state index in [0.717, 1.165) is 30.0 Å². The third kappa shape index (κ3) is 2.50. The Kier molecular flexibility index (Phi) is 4.20. The monoisotopic (exact) mass is 386 g/mol. The lowest BCUT2D eigenvalue weighted by Crippen LogP contribution is -2.33. The predicted octanol–water partition coefficient (Wildman–Crippen LogP) is 4.93. The first kappa shape index (κ1) is 16.9. The lowest BCUT2D eigenvalue weighted by molar-refractivity contribution is 0.307. The van der Waals surface area contributed by atoms with Gasteiger partial charge >= 0.3 is 4.87 Å². The number of hydrogen-bond acceptors (Lipinski definition) is 4. The molecule has 2 aliphatic carbocycles. The van der Waals surface area contributed by atoms with Crippen molar-refractivity contribution in [2.75, 3.05) is 18.0 Å². The molecule has 2 heterocycles. The average Bonchev–Trinajstić information content (AvgIpc) is 3.35. The minimum Gasteiger partial charge on any atom is -0.372 e. The number of hydrogen-bond donors (Lipinski definition) is 1. The van der Waals surface area contributed by atoms with E-state index in [0.29, 0.717) is 17.1 Å². The Morgan fingerprint density at radius 1 is 1.12 bits per heavy atom. The maximum Gasteiger partial charge on any atom is 0.305 e. The third-order valence-electron chi connectivity index (χ3n) is 6.85. The number of rotatable bonds is 4. The minimum atomic E-state index is 0.111. The van der Waals surface area contributed by atoms with Crippen molar-refractivity contribution in [1.29, 1.82) is 0 Å². The fraction of sp³-hybridized carbons (Fsp3) is 0.571. The van der Waals surface area contributed by atoms with Crippen molar-refractivity contribution in [2.45, 2.75) is 49.3 Å². The normalized spacial score (nSPS) is 31.7. The molecule has 5 atom stereocenters. The molecule has 0 radical (unpaired) electrons. The molecule has 3 aliphatic rings. The van der Waals surface area contributed by atoms with Crippen LogP contribution in [0.25, 0.3) is 0 Å². The quantitative estimate of drug-likeness (QED) is 0.809. The molecule has 2 aromatic rings.